The summed E-state index contributed by atoms with van der Waals surface area (Å²) in [5.41, 5.74) is -0.256. The summed E-state index contributed by atoms with van der Waals surface area (Å²) in [5.74, 6) is -0.491. The number of benzene rings is 1. The van der Waals surface area contributed by atoms with Gasteiger partial charge in [-0.2, -0.15) is 13.2 Å². The van der Waals surface area contributed by atoms with Gasteiger partial charge in [-0.05, 0) is 6.42 Å². The van der Waals surface area contributed by atoms with Gasteiger partial charge in [0.2, 0.25) is 0 Å². The number of non-ortho nitro benzene ring substituents is 1. The van der Waals surface area contributed by atoms with Crippen molar-refractivity contribution in [2.24, 2.45) is 0 Å². The number of halogens is 3. The zero-order valence-corrected chi connectivity index (χ0v) is 13.7. The van der Waals surface area contributed by atoms with Crippen molar-refractivity contribution in [1.82, 2.24) is 10.2 Å². The summed E-state index contributed by atoms with van der Waals surface area (Å²) in [7, 11) is 1.23. The minimum absolute atomic E-state index is 0.0807. The van der Waals surface area contributed by atoms with Crippen molar-refractivity contribution in [2.45, 2.75) is 25.1 Å². The summed E-state index contributed by atoms with van der Waals surface area (Å²) in [6, 6.07) is 1.38. The van der Waals surface area contributed by atoms with E-state index in [1.165, 1.54) is 7.11 Å². The van der Waals surface area contributed by atoms with Crippen LogP contribution in [-0.4, -0.2) is 54.4 Å². The van der Waals surface area contributed by atoms with Crippen LogP contribution in [0.2, 0.25) is 0 Å². The van der Waals surface area contributed by atoms with Crippen LogP contribution in [0.3, 0.4) is 0 Å². The molecule has 0 bridgehead atoms. The first-order valence-corrected chi connectivity index (χ1v) is 7.79. The molecule has 1 saturated heterocycles. The molecular weight excluding hydrogens is 343 g/mol. The average Bonchev–Trinajstić information content (AvgIpc) is 2.56. The molecule has 25 heavy (non-hydrogen) atoms. The molecule has 1 fully saturated rings. The molecule has 1 aromatic carbocycles. The minimum Gasteiger partial charge on any atom is -0.504 e. The van der Waals surface area contributed by atoms with Crippen LogP contribution in [0.5, 0.6) is 11.5 Å². The Morgan fingerprint density at radius 1 is 1.40 bits per heavy atom. The van der Waals surface area contributed by atoms with Crippen molar-refractivity contribution in [3.63, 3.8) is 0 Å². The number of alkyl halides is 3. The number of ether oxygens (including phenoxy) is 1. The predicted molar refractivity (Wildman–Crippen MR) is 83.8 cm³/mol. The highest BCUT2D eigenvalue weighted by Gasteiger charge is 2.33. The molecule has 7 nitrogen and oxygen atoms in total. The van der Waals surface area contributed by atoms with Crippen molar-refractivity contribution in [3.8, 4) is 11.5 Å². The zero-order chi connectivity index (χ0) is 18.6. The highest BCUT2D eigenvalue weighted by Crippen LogP contribution is 2.42. The molecule has 10 heteroatoms. The minimum atomic E-state index is -4.35. The van der Waals surface area contributed by atoms with Gasteiger partial charge >= 0.3 is 6.18 Å². The number of nitrogens with zero attached hydrogens (tertiary/aromatic N) is 2. The molecule has 1 aromatic rings. The molecule has 0 radical (unpaired) electrons. The van der Waals surface area contributed by atoms with E-state index in [9.17, 15) is 28.4 Å². The highest BCUT2D eigenvalue weighted by atomic mass is 19.4. The van der Waals surface area contributed by atoms with Crippen molar-refractivity contribution >= 4 is 5.69 Å². The van der Waals surface area contributed by atoms with Gasteiger partial charge in [0.15, 0.2) is 11.5 Å². The number of hydrogen-bond acceptors (Lipinski definition) is 6. The first-order valence-electron chi connectivity index (χ1n) is 7.79. The van der Waals surface area contributed by atoms with Crippen LogP contribution in [0.15, 0.2) is 12.1 Å². The molecule has 0 aliphatic carbocycles. The monoisotopic (exact) mass is 363 g/mol. The largest absolute Gasteiger partial charge is 0.504 e. The van der Waals surface area contributed by atoms with Crippen molar-refractivity contribution in [3.05, 3.63) is 27.8 Å². The number of phenols is 1. The topological polar surface area (TPSA) is 87.9 Å². The van der Waals surface area contributed by atoms with Crippen molar-refractivity contribution in [1.29, 1.82) is 0 Å². The van der Waals surface area contributed by atoms with Gasteiger partial charge in [0.25, 0.3) is 5.69 Å². The molecule has 1 aliphatic rings. The van der Waals surface area contributed by atoms with E-state index < -0.39 is 23.6 Å². The summed E-state index contributed by atoms with van der Waals surface area (Å²) >= 11 is 0. The molecule has 0 spiro atoms. The number of nitro benzene ring substituents is 1. The van der Waals surface area contributed by atoms with Crippen LogP contribution in [-0.2, 0) is 0 Å². The number of piperazine rings is 1. The third-order valence-electron chi connectivity index (χ3n) is 4.17. The number of aromatic hydroxyl groups is 1. The van der Waals surface area contributed by atoms with E-state index >= 15 is 0 Å². The van der Waals surface area contributed by atoms with E-state index in [1.807, 2.05) is 0 Å². The van der Waals surface area contributed by atoms with Crippen LogP contribution in [0.1, 0.15) is 24.4 Å². The second-order valence-corrected chi connectivity index (χ2v) is 5.80. The summed E-state index contributed by atoms with van der Waals surface area (Å²) < 4.78 is 43.1. The van der Waals surface area contributed by atoms with Crippen LogP contribution in [0.25, 0.3) is 0 Å². The SMILES string of the molecule is COc1cc([N+](=O)[O-])cc([C@H](CCC(F)(F)F)N2CCNCC2)c1O. The van der Waals surface area contributed by atoms with E-state index in [0.717, 1.165) is 12.1 Å². The van der Waals surface area contributed by atoms with Crippen LogP contribution >= 0.6 is 0 Å². The number of rotatable bonds is 6. The lowest BCUT2D eigenvalue weighted by Gasteiger charge is -2.35. The average molecular weight is 363 g/mol. The highest BCUT2D eigenvalue weighted by molar-refractivity contribution is 5.54. The Morgan fingerprint density at radius 3 is 2.56 bits per heavy atom. The summed E-state index contributed by atoms with van der Waals surface area (Å²) in [5, 5.41) is 24.6. The summed E-state index contributed by atoms with van der Waals surface area (Å²) in [6.45, 7) is 2.14. The Bertz CT molecular complexity index is 619. The van der Waals surface area contributed by atoms with E-state index in [2.05, 4.69) is 5.32 Å². The maximum atomic E-state index is 12.7. The number of methoxy groups -OCH3 is 1. The molecule has 0 saturated carbocycles. The quantitative estimate of drug-likeness (QED) is 0.597. The van der Waals surface area contributed by atoms with Gasteiger partial charge in [-0.15, -0.1) is 0 Å². The standard InChI is InChI=1S/C15H20F3N3O4/c1-25-13-9-10(21(23)24)8-11(14(13)22)12(2-3-15(16,17)18)20-6-4-19-5-7-20/h8-9,12,19,22H,2-7H2,1H3/t12-/m0/s1. The fraction of sp³-hybridized carbons (Fsp3) is 0.600. The van der Waals surface area contributed by atoms with Gasteiger partial charge in [0.1, 0.15) is 0 Å². The molecule has 2 rings (SSSR count). The maximum Gasteiger partial charge on any atom is 0.389 e. The lowest BCUT2D eigenvalue weighted by atomic mass is 9.97. The third-order valence-corrected chi connectivity index (χ3v) is 4.17. The molecular formula is C15H20F3N3O4. The molecule has 140 valence electrons. The Kier molecular flexibility index (Phi) is 6.07. The second-order valence-electron chi connectivity index (χ2n) is 5.80. The van der Waals surface area contributed by atoms with Gasteiger partial charge in [0.05, 0.1) is 18.1 Å². The maximum absolute atomic E-state index is 12.7. The van der Waals surface area contributed by atoms with Crippen LogP contribution in [0, 0.1) is 10.1 Å². The number of phenolic OH excluding ortho intramolecular Hbond substituents is 1. The molecule has 1 heterocycles. The summed E-state index contributed by atoms with van der Waals surface area (Å²) in [6.07, 6.45) is -5.71. The molecule has 2 N–H and O–H groups in total. The smallest absolute Gasteiger partial charge is 0.389 e. The fourth-order valence-corrected chi connectivity index (χ4v) is 2.96. The Balaban J connectivity index is 2.43. The molecule has 0 aromatic heterocycles. The number of hydrogen-bond donors (Lipinski definition) is 2. The van der Waals surface area contributed by atoms with Crippen molar-refractivity contribution in [2.75, 3.05) is 33.3 Å². The van der Waals surface area contributed by atoms with Gasteiger partial charge < -0.3 is 15.2 Å². The lowest BCUT2D eigenvalue weighted by Crippen LogP contribution is -2.45. The van der Waals surface area contributed by atoms with Gasteiger partial charge in [-0.1, -0.05) is 0 Å². The fourth-order valence-electron chi connectivity index (χ4n) is 2.96. The molecule has 1 aliphatic heterocycles. The second kappa shape index (κ2) is 7.87. The first kappa shape index (κ1) is 19.3. The van der Waals surface area contributed by atoms with E-state index in [1.54, 1.807) is 4.90 Å². The Hall–Kier alpha value is -2.07. The van der Waals surface area contributed by atoms with Crippen molar-refractivity contribution < 1.29 is 27.9 Å². The summed E-state index contributed by atoms with van der Waals surface area (Å²) in [4.78, 5) is 12.2. The lowest BCUT2D eigenvalue weighted by molar-refractivity contribution is -0.385. The normalized spacial score (nSPS) is 17.3. The van der Waals surface area contributed by atoms with E-state index in [0.29, 0.717) is 26.2 Å². The van der Waals surface area contributed by atoms with Crippen LogP contribution < -0.4 is 10.1 Å². The predicted octanol–water partition coefficient (Wildman–Crippen LogP) is 2.60. The van der Waals surface area contributed by atoms with E-state index in [-0.39, 0.29) is 29.2 Å². The zero-order valence-electron chi connectivity index (χ0n) is 13.7. The van der Waals surface area contributed by atoms with Gasteiger partial charge in [-0.3, -0.25) is 15.0 Å². The van der Waals surface area contributed by atoms with Crippen LogP contribution in [0.4, 0.5) is 18.9 Å². The molecule has 0 unspecified atom stereocenters. The van der Waals surface area contributed by atoms with Gasteiger partial charge in [0, 0.05) is 50.3 Å². The van der Waals surface area contributed by atoms with E-state index in [4.69, 9.17) is 4.74 Å². The Labute approximate surface area is 142 Å². The molecule has 1 atom stereocenters. The number of nitro groups is 1. The first-order chi connectivity index (χ1) is 11.7. The third kappa shape index (κ3) is 4.95. The number of nitrogens with one attached hydrogen (secondary N) is 1. The molecule has 0 amide bonds. The Morgan fingerprint density at radius 2 is 2.04 bits per heavy atom. The van der Waals surface area contributed by atoms with Gasteiger partial charge in [-0.25, -0.2) is 0 Å².